The molecule has 0 spiro atoms. The highest BCUT2D eigenvalue weighted by Crippen LogP contribution is 2.18. The van der Waals surface area contributed by atoms with Gasteiger partial charge >= 0.3 is 0 Å². The van der Waals surface area contributed by atoms with Gasteiger partial charge in [-0.05, 0) is 25.0 Å². The highest BCUT2D eigenvalue weighted by atomic mass is 15.1. The third-order valence-corrected chi connectivity index (χ3v) is 4.69. The summed E-state index contributed by atoms with van der Waals surface area (Å²) >= 11 is 0. The minimum Gasteiger partial charge on any atom is -0.328 e. The third kappa shape index (κ3) is 5.67. The molecule has 0 aliphatic heterocycles. The van der Waals surface area contributed by atoms with E-state index in [2.05, 4.69) is 42.7 Å². The molecular weight excluding hydrogens is 280 g/mol. The molecule has 0 saturated carbocycles. The Morgan fingerprint density at radius 1 is 0.783 bits per heavy atom. The van der Waals surface area contributed by atoms with Gasteiger partial charge in [-0.2, -0.15) is 0 Å². The molecule has 0 aliphatic rings. The predicted octanol–water partition coefficient (Wildman–Crippen LogP) is 6.52. The number of imidazole rings is 1. The van der Waals surface area contributed by atoms with E-state index in [-0.39, 0.29) is 0 Å². The molecule has 2 heteroatoms. The molecule has 0 atom stereocenters. The monoisotopic (exact) mass is 314 g/mol. The summed E-state index contributed by atoms with van der Waals surface area (Å²) in [7, 11) is 0. The van der Waals surface area contributed by atoms with Crippen LogP contribution in [0, 0.1) is 0 Å². The maximum absolute atomic E-state index is 4.82. The lowest BCUT2D eigenvalue weighted by molar-refractivity contribution is 0.535. The Balaban J connectivity index is 1.75. The number of fused-ring (bicyclic) bond motifs is 1. The van der Waals surface area contributed by atoms with Crippen molar-refractivity contribution in [2.24, 2.45) is 0 Å². The second-order valence-electron chi connectivity index (χ2n) is 6.75. The summed E-state index contributed by atoms with van der Waals surface area (Å²) in [4.78, 5) is 4.82. The standard InChI is InChI=1S/C21H34N2/c1-3-5-6-7-8-9-10-11-14-18-23-20-17-13-12-16-19(20)22-21(23)15-4-2/h12-13,16-17H,3-11,14-15,18H2,1-2H3. The van der Waals surface area contributed by atoms with Gasteiger partial charge in [-0.3, -0.25) is 0 Å². The normalized spacial score (nSPS) is 11.4. The van der Waals surface area contributed by atoms with E-state index in [1.54, 1.807) is 0 Å². The van der Waals surface area contributed by atoms with Crippen molar-refractivity contribution < 1.29 is 0 Å². The van der Waals surface area contributed by atoms with Crippen LogP contribution in [-0.2, 0) is 13.0 Å². The summed E-state index contributed by atoms with van der Waals surface area (Å²) in [6.07, 6.45) is 14.7. The molecule has 2 aromatic rings. The van der Waals surface area contributed by atoms with E-state index in [1.807, 2.05) is 0 Å². The van der Waals surface area contributed by atoms with Crippen molar-refractivity contribution in [3.63, 3.8) is 0 Å². The number of rotatable bonds is 12. The van der Waals surface area contributed by atoms with Gasteiger partial charge in [0, 0.05) is 13.0 Å². The van der Waals surface area contributed by atoms with Crippen molar-refractivity contribution in [1.82, 2.24) is 9.55 Å². The van der Waals surface area contributed by atoms with Gasteiger partial charge in [0.1, 0.15) is 5.82 Å². The van der Waals surface area contributed by atoms with Gasteiger partial charge in [-0.1, -0.05) is 77.3 Å². The van der Waals surface area contributed by atoms with Crippen LogP contribution in [0.3, 0.4) is 0 Å². The number of nitrogens with zero attached hydrogens (tertiary/aromatic N) is 2. The summed E-state index contributed by atoms with van der Waals surface area (Å²) in [5.74, 6) is 1.27. The van der Waals surface area contributed by atoms with Crippen LogP contribution < -0.4 is 0 Å². The fourth-order valence-electron chi connectivity index (χ4n) is 3.37. The molecule has 0 radical (unpaired) electrons. The molecular formula is C21H34N2. The summed E-state index contributed by atoms with van der Waals surface area (Å²) in [5.41, 5.74) is 2.47. The first kappa shape index (κ1) is 18.0. The van der Waals surface area contributed by atoms with E-state index >= 15 is 0 Å². The average Bonchev–Trinajstić information content (AvgIpc) is 2.91. The number of benzene rings is 1. The second kappa shape index (κ2) is 10.5. The average molecular weight is 315 g/mol. The van der Waals surface area contributed by atoms with Crippen LogP contribution >= 0.6 is 0 Å². The number of unbranched alkanes of at least 4 members (excludes halogenated alkanes) is 8. The molecule has 0 bridgehead atoms. The molecule has 23 heavy (non-hydrogen) atoms. The van der Waals surface area contributed by atoms with Crippen molar-refractivity contribution in [1.29, 1.82) is 0 Å². The van der Waals surface area contributed by atoms with Crippen molar-refractivity contribution in [3.05, 3.63) is 30.1 Å². The molecule has 0 amide bonds. The van der Waals surface area contributed by atoms with Gasteiger partial charge in [0.2, 0.25) is 0 Å². The van der Waals surface area contributed by atoms with Crippen LogP contribution in [0.15, 0.2) is 24.3 Å². The highest BCUT2D eigenvalue weighted by molar-refractivity contribution is 5.75. The topological polar surface area (TPSA) is 17.8 Å². The van der Waals surface area contributed by atoms with Gasteiger partial charge in [-0.25, -0.2) is 4.98 Å². The first-order valence-corrected chi connectivity index (χ1v) is 9.81. The zero-order valence-electron chi connectivity index (χ0n) is 15.2. The van der Waals surface area contributed by atoms with E-state index in [4.69, 9.17) is 4.98 Å². The molecule has 1 aromatic carbocycles. The third-order valence-electron chi connectivity index (χ3n) is 4.69. The number of para-hydroxylation sites is 2. The van der Waals surface area contributed by atoms with E-state index in [9.17, 15) is 0 Å². The van der Waals surface area contributed by atoms with Crippen molar-refractivity contribution >= 4 is 11.0 Å². The van der Waals surface area contributed by atoms with E-state index in [0.29, 0.717) is 0 Å². The largest absolute Gasteiger partial charge is 0.328 e. The maximum atomic E-state index is 4.82. The van der Waals surface area contributed by atoms with Gasteiger partial charge in [0.15, 0.2) is 0 Å². The molecule has 0 fully saturated rings. The van der Waals surface area contributed by atoms with Crippen molar-refractivity contribution in [2.45, 2.75) is 91.0 Å². The Hall–Kier alpha value is -1.31. The van der Waals surface area contributed by atoms with Crippen LogP contribution in [-0.4, -0.2) is 9.55 Å². The first-order chi connectivity index (χ1) is 11.4. The summed E-state index contributed by atoms with van der Waals surface area (Å²) in [6, 6.07) is 8.58. The molecule has 2 rings (SSSR count). The van der Waals surface area contributed by atoms with Crippen molar-refractivity contribution in [3.8, 4) is 0 Å². The van der Waals surface area contributed by atoms with Crippen LogP contribution in [0.25, 0.3) is 11.0 Å². The lowest BCUT2D eigenvalue weighted by Crippen LogP contribution is -2.04. The Bertz CT molecular complexity index is 556. The summed E-state index contributed by atoms with van der Waals surface area (Å²) in [5, 5.41) is 0. The molecule has 0 aliphatic carbocycles. The SMILES string of the molecule is CCCCCCCCCCCn1c(CCC)nc2ccccc21. The number of hydrogen-bond donors (Lipinski definition) is 0. The second-order valence-corrected chi connectivity index (χ2v) is 6.75. The Labute approximate surface area is 142 Å². The fourth-order valence-corrected chi connectivity index (χ4v) is 3.37. The first-order valence-electron chi connectivity index (χ1n) is 9.81. The molecule has 0 unspecified atom stereocenters. The summed E-state index contributed by atoms with van der Waals surface area (Å²) < 4.78 is 2.46. The van der Waals surface area contributed by atoms with E-state index < -0.39 is 0 Å². The van der Waals surface area contributed by atoms with Crippen LogP contribution in [0.4, 0.5) is 0 Å². The van der Waals surface area contributed by atoms with Gasteiger partial charge in [0.05, 0.1) is 11.0 Å². The minimum absolute atomic E-state index is 1.09. The van der Waals surface area contributed by atoms with Gasteiger partial charge in [0.25, 0.3) is 0 Å². The quantitative estimate of drug-likeness (QED) is 0.408. The lowest BCUT2D eigenvalue weighted by atomic mass is 10.1. The number of aromatic nitrogens is 2. The maximum Gasteiger partial charge on any atom is 0.109 e. The predicted molar refractivity (Wildman–Crippen MR) is 101 cm³/mol. The number of hydrogen-bond acceptors (Lipinski definition) is 1. The number of aryl methyl sites for hydroxylation is 2. The molecule has 0 saturated heterocycles. The van der Waals surface area contributed by atoms with Gasteiger partial charge < -0.3 is 4.57 Å². The Morgan fingerprint density at radius 2 is 1.43 bits per heavy atom. The van der Waals surface area contributed by atoms with Crippen LogP contribution in [0.2, 0.25) is 0 Å². The van der Waals surface area contributed by atoms with Crippen molar-refractivity contribution in [2.75, 3.05) is 0 Å². The smallest absolute Gasteiger partial charge is 0.109 e. The van der Waals surface area contributed by atoms with Crippen LogP contribution in [0.1, 0.15) is 83.9 Å². The highest BCUT2D eigenvalue weighted by Gasteiger charge is 2.08. The Kier molecular flexibility index (Phi) is 8.20. The molecule has 128 valence electrons. The molecule has 1 aromatic heterocycles. The molecule has 1 heterocycles. The summed E-state index contributed by atoms with van der Waals surface area (Å²) in [6.45, 7) is 5.65. The molecule has 0 N–H and O–H groups in total. The zero-order valence-corrected chi connectivity index (χ0v) is 15.2. The molecule has 2 nitrogen and oxygen atoms in total. The minimum atomic E-state index is 1.09. The fraction of sp³-hybridized carbons (Fsp3) is 0.667. The van der Waals surface area contributed by atoms with E-state index in [1.165, 1.54) is 75.5 Å². The Morgan fingerprint density at radius 3 is 2.13 bits per heavy atom. The zero-order chi connectivity index (χ0) is 16.3. The van der Waals surface area contributed by atoms with E-state index in [0.717, 1.165) is 18.5 Å². The van der Waals surface area contributed by atoms with Crippen LogP contribution in [0.5, 0.6) is 0 Å². The van der Waals surface area contributed by atoms with Gasteiger partial charge in [-0.15, -0.1) is 0 Å². The lowest BCUT2D eigenvalue weighted by Gasteiger charge is -2.09.